The van der Waals surface area contributed by atoms with Crippen molar-refractivity contribution in [2.45, 2.75) is 65.0 Å². The van der Waals surface area contributed by atoms with Gasteiger partial charge in [0.05, 0.1) is 6.54 Å². The molecular formula is C18H25N5O2. The fourth-order valence-corrected chi connectivity index (χ4v) is 3.51. The summed E-state index contributed by atoms with van der Waals surface area (Å²) in [6, 6.07) is 0. The van der Waals surface area contributed by atoms with Crippen LogP contribution in [0, 0.1) is 13.8 Å². The molecule has 4 rings (SSSR count). The van der Waals surface area contributed by atoms with Crippen molar-refractivity contribution in [1.29, 1.82) is 0 Å². The molecule has 134 valence electrons. The zero-order chi connectivity index (χ0) is 17.4. The van der Waals surface area contributed by atoms with E-state index in [1.165, 1.54) is 19.3 Å². The number of hydrogen-bond donors (Lipinski definition) is 0. The van der Waals surface area contributed by atoms with E-state index < -0.39 is 0 Å². The summed E-state index contributed by atoms with van der Waals surface area (Å²) in [4.78, 5) is 15.7. The van der Waals surface area contributed by atoms with Gasteiger partial charge in [-0.05, 0) is 33.2 Å². The molecule has 7 nitrogen and oxygen atoms in total. The topological polar surface area (TPSA) is 77.2 Å². The van der Waals surface area contributed by atoms with Crippen molar-refractivity contribution < 1.29 is 9.26 Å². The highest BCUT2D eigenvalue weighted by Gasteiger charge is 2.29. The lowest BCUT2D eigenvalue weighted by atomic mass is 9.85. The van der Waals surface area contributed by atoms with Crippen LogP contribution in [-0.2, 0) is 13.0 Å². The van der Waals surface area contributed by atoms with E-state index in [-0.39, 0.29) is 6.10 Å². The summed E-state index contributed by atoms with van der Waals surface area (Å²) in [5, 5.41) is 4.16. The Morgan fingerprint density at radius 1 is 1.16 bits per heavy atom. The molecule has 0 bridgehead atoms. The monoisotopic (exact) mass is 343 g/mol. The third-order valence-corrected chi connectivity index (χ3v) is 5.21. The van der Waals surface area contributed by atoms with Crippen LogP contribution >= 0.6 is 0 Å². The first kappa shape index (κ1) is 16.4. The molecule has 0 spiro atoms. The number of fused-ring (bicyclic) bond motifs is 1. The predicted molar refractivity (Wildman–Crippen MR) is 91.5 cm³/mol. The van der Waals surface area contributed by atoms with Gasteiger partial charge >= 0.3 is 0 Å². The van der Waals surface area contributed by atoms with Crippen LogP contribution in [0.4, 0.5) is 0 Å². The molecule has 2 aromatic heterocycles. The molecule has 0 unspecified atom stereocenters. The normalized spacial score (nSPS) is 19.8. The Bertz CT molecular complexity index is 756. The average Bonchev–Trinajstić information content (AvgIpc) is 3.12. The molecule has 1 atom stereocenters. The third-order valence-electron chi connectivity index (χ3n) is 5.21. The SMILES string of the molecule is CCN(Cc1noc(C2CCC2)n1)C[C@H]1Cc2c(C)nc(C)nc2O1. The summed E-state index contributed by atoms with van der Waals surface area (Å²) >= 11 is 0. The molecule has 0 aromatic carbocycles. The second kappa shape index (κ2) is 6.71. The van der Waals surface area contributed by atoms with Gasteiger partial charge in [-0.1, -0.05) is 18.5 Å². The molecule has 7 heteroatoms. The van der Waals surface area contributed by atoms with Crippen molar-refractivity contribution in [3.05, 3.63) is 28.8 Å². The van der Waals surface area contributed by atoms with Crippen LogP contribution in [0.2, 0.25) is 0 Å². The van der Waals surface area contributed by atoms with Gasteiger partial charge in [0.25, 0.3) is 0 Å². The van der Waals surface area contributed by atoms with Crippen molar-refractivity contribution >= 4 is 0 Å². The van der Waals surface area contributed by atoms with Gasteiger partial charge in [0.1, 0.15) is 11.9 Å². The van der Waals surface area contributed by atoms with E-state index in [0.717, 1.165) is 54.2 Å². The van der Waals surface area contributed by atoms with Gasteiger partial charge in [0.15, 0.2) is 5.82 Å². The number of nitrogens with zero attached hydrogens (tertiary/aromatic N) is 5. The molecule has 1 fully saturated rings. The molecule has 25 heavy (non-hydrogen) atoms. The summed E-state index contributed by atoms with van der Waals surface area (Å²) < 4.78 is 11.5. The first-order chi connectivity index (χ1) is 12.1. The molecule has 2 aromatic rings. The summed E-state index contributed by atoms with van der Waals surface area (Å²) in [6.07, 6.45) is 4.57. The Labute approximate surface area is 147 Å². The van der Waals surface area contributed by atoms with Gasteiger partial charge in [-0.25, -0.2) is 4.98 Å². The maximum Gasteiger partial charge on any atom is 0.229 e. The zero-order valence-corrected chi connectivity index (χ0v) is 15.2. The van der Waals surface area contributed by atoms with Crippen LogP contribution < -0.4 is 4.74 Å². The summed E-state index contributed by atoms with van der Waals surface area (Å²) in [7, 11) is 0. The lowest BCUT2D eigenvalue weighted by Gasteiger charge is -2.22. The molecule has 3 heterocycles. The van der Waals surface area contributed by atoms with Crippen LogP contribution in [0.15, 0.2) is 4.52 Å². The molecule has 1 aliphatic carbocycles. The molecule has 0 amide bonds. The molecule has 2 aliphatic rings. The Morgan fingerprint density at radius 3 is 2.72 bits per heavy atom. The minimum atomic E-state index is 0.0998. The van der Waals surface area contributed by atoms with Crippen molar-refractivity contribution in [2.75, 3.05) is 13.1 Å². The van der Waals surface area contributed by atoms with Gasteiger partial charge < -0.3 is 9.26 Å². The molecular weight excluding hydrogens is 318 g/mol. The summed E-state index contributed by atoms with van der Waals surface area (Å²) in [5.74, 6) is 3.57. The van der Waals surface area contributed by atoms with E-state index in [2.05, 4.69) is 31.9 Å². The Hall–Kier alpha value is -2.02. The maximum atomic E-state index is 6.05. The van der Waals surface area contributed by atoms with Crippen molar-refractivity contribution in [1.82, 2.24) is 25.0 Å². The van der Waals surface area contributed by atoms with Gasteiger partial charge in [0, 0.05) is 30.1 Å². The third kappa shape index (κ3) is 3.38. The first-order valence-corrected chi connectivity index (χ1v) is 9.18. The van der Waals surface area contributed by atoms with Crippen LogP contribution in [0.5, 0.6) is 5.88 Å². The number of likely N-dealkylation sites (N-methyl/N-ethyl adjacent to an activating group) is 1. The smallest absolute Gasteiger partial charge is 0.229 e. The zero-order valence-electron chi connectivity index (χ0n) is 15.2. The van der Waals surface area contributed by atoms with Crippen molar-refractivity contribution in [3.63, 3.8) is 0 Å². The average molecular weight is 343 g/mol. The first-order valence-electron chi connectivity index (χ1n) is 9.18. The van der Waals surface area contributed by atoms with E-state index in [1.54, 1.807) is 0 Å². The number of rotatable bonds is 6. The van der Waals surface area contributed by atoms with Crippen LogP contribution in [0.3, 0.4) is 0 Å². The van der Waals surface area contributed by atoms with Gasteiger partial charge in [0.2, 0.25) is 11.8 Å². The maximum absolute atomic E-state index is 6.05. The highest BCUT2D eigenvalue weighted by Crippen LogP contribution is 2.35. The molecule has 0 radical (unpaired) electrons. The number of aryl methyl sites for hydroxylation is 2. The van der Waals surface area contributed by atoms with E-state index in [0.29, 0.717) is 12.5 Å². The van der Waals surface area contributed by atoms with E-state index in [9.17, 15) is 0 Å². The summed E-state index contributed by atoms with van der Waals surface area (Å²) in [6.45, 7) is 8.49. The number of hydrogen-bond acceptors (Lipinski definition) is 7. The molecule has 0 N–H and O–H groups in total. The quantitative estimate of drug-likeness (QED) is 0.797. The fourth-order valence-electron chi connectivity index (χ4n) is 3.51. The van der Waals surface area contributed by atoms with Crippen molar-refractivity contribution in [3.8, 4) is 5.88 Å². The second-order valence-electron chi connectivity index (χ2n) is 7.09. The largest absolute Gasteiger partial charge is 0.472 e. The lowest BCUT2D eigenvalue weighted by molar-refractivity contribution is 0.143. The van der Waals surface area contributed by atoms with Crippen LogP contribution in [0.25, 0.3) is 0 Å². The lowest BCUT2D eigenvalue weighted by Crippen LogP contribution is -2.34. The van der Waals surface area contributed by atoms with E-state index in [4.69, 9.17) is 9.26 Å². The second-order valence-corrected chi connectivity index (χ2v) is 7.09. The van der Waals surface area contributed by atoms with Crippen LogP contribution in [-0.4, -0.2) is 44.2 Å². The van der Waals surface area contributed by atoms with Gasteiger partial charge in [-0.3, -0.25) is 4.90 Å². The number of aromatic nitrogens is 4. The predicted octanol–water partition coefficient (Wildman–Crippen LogP) is 2.57. The van der Waals surface area contributed by atoms with E-state index in [1.807, 2.05) is 13.8 Å². The Balaban J connectivity index is 1.38. The highest BCUT2D eigenvalue weighted by molar-refractivity contribution is 5.34. The fraction of sp³-hybridized carbons (Fsp3) is 0.667. The van der Waals surface area contributed by atoms with E-state index >= 15 is 0 Å². The van der Waals surface area contributed by atoms with Crippen molar-refractivity contribution in [2.24, 2.45) is 0 Å². The van der Waals surface area contributed by atoms with Gasteiger partial charge in [-0.15, -0.1) is 0 Å². The summed E-state index contributed by atoms with van der Waals surface area (Å²) in [5.41, 5.74) is 2.16. The highest BCUT2D eigenvalue weighted by atomic mass is 16.5. The molecule has 1 saturated carbocycles. The number of ether oxygens (including phenoxy) is 1. The minimum absolute atomic E-state index is 0.0998. The Kier molecular flexibility index (Phi) is 4.41. The Morgan fingerprint density at radius 2 is 2.00 bits per heavy atom. The minimum Gasteiger partial charge on any atom is -0.472 e. The standard InChI is InChI=1S/C18H25N5O2/c1-4-23(10-16-21-17(25-22-16)13-6-5-7-13)9-14-8-15-11(2)19-12(3)20-18(15)24-14/h13-14H,4-10H2,1-3H3/t14-/m1/s1. The molecule has 1 aliphatic heterocycles. The molecule has 0 saturated heterocycles. The van der Waals surface area contributed by atoms with Crippen LogP contribution in [0.1, 0.15) is 60.9 Å². The van der Waals surface area contributed by atoms with Gasteiger partial charge in [-0.2, -0.15) is 9.97 Å².